The number of hydrogen-bond donors (Lipinski definition) is 2. The summed E-state index contributed by atoms with van der Waals surface area (Å²) in [6.45, 7) is 0.656. The molecule has 0 heterocycles. The minimum Gasteiger partial charge on any atom is -0.330 e. The molecule has 0 aliphatic carbocycles. The van der Waals surface area contributed by atoms with E-state index in [9.17, 15) is 4.39 Å². The Kier molecular flexibility index (Phi) is 7.68. The molecule has 16 heavy (non-hydrogen) atoms. The lowest BCUT2D eigenvalue weighted by atomic mass is 10.0. The van der Waals surface area contributed by atoms with E-state index >= 15 is 0 Å². The topological polar surface area (TPSA) is 52.0 Å². The normalized spacial score (nSPS) is 12.0. The van der Waals surface area contributed by atoms with E-state index in [1.807, 2.05) is 0 Å². The lowest BCUT2D eigenvalue weighted by Gasteiger charge is -2.13. The average molecular weight is 267 g/mol. The molecular weight excluding hydrogens is 250 g/mol. The van der Waals surface area contributed by atoms with Crippen molar-refractivity contribution in [2.24, 2.45) is 11.5 Å². The molecule has 2 nitrogen and oxygen atoms in total. The van der Waals surface area contributed by atoms with Crippen LogP contribution in [-0.2, 0) is 0 Å². The molecule has 1 aromatic carbocycles. The van der Waals surface area contributed by atoms with Gasteiger partial charge in [0.05, 0.1) is 5.02 Å². The SMILES string of the molecule is Cl.NCCCC[C@@H](N)c1cccc(F)c1Cl. The van der Waals surface area contributed by atoms with E-state index in [0.29, 0.717) is 12.1 Å². The van der Waals surface area contributed by atoms with Crippen LogP contribution in [0.5, 0.6) is 0 Å². The van der Waals surface area contributed by atoms with Gasteiger partial charge in [-0.3, -0.25) is 0 Å². The summed E-state index contributed by atoms with van der Waals surface area (Å²) in [5.74, 6) is -0.413. The monoisotopic (exact) mass is 266 g/mol. The number of nitrogens with two attached hydrogens (primary N) is 2. The Bertz CT molecular complexity index is 321. The fourth-order valence-electron chi connectivity index (χ4n) is 1.47. The van der Waals surface area contributed by atoms with Crippen molar-refractivity contribution in [2.45, 2.75) is 25.3 Å². The molecule has 0 unspecified atom stereocenters. The fraction of sp³-hybridized carbons (Fsp3) is 0.455. The zero-order valence-electron chi connectivity index (χ0n) is 8.96. The van der Waals surface area contributed by atoms with Crippen LogP contribution in [0.2, 0.25) is 5.02 Å². The molecule has 0 amide bonds. The van der Waals surface area contributed by atoms with Crippen molar-refractivity contribution in [2.75, 3.05) is 6.54 Å². The second kappa shape index (κ2) is 7.85. The Morgan fingerprint density at radius 1 is 1.31 bits per heavy atom. The minimum absolute atomic E-state index is 0. The van der Waals surface area contributed by atoms with Crippen molar-refractivity contribution in [3.63, 3.8) is 0 Å². The third-order valence-electron chi connectivity index (χ3n) is 2.35. The van der Waals surface area contributed by atoms with Gasteiger partial charge in [0.1, 0.15) is 5.82 Å². The van der Waals surface area contributed by atoms with Gasteiger partial charge in [-0.1, -0.05) is 30.2 Å². The molecule has 0 spiro atoms. The first kappa shape index (κ1) is 15.7. The highest BCUT2D eigenvalue weighted by Gasteiger charge is 2.12. The molecule has 0 aliphatic rings. The lowest BCUT2D eigenvalue weighted by Crippen LogP contribution is -2.12. The molecule has 5 heteroatoms. The van der Waals surface area contributed by atoms with Gasteiger partial charge < -0.3 is 11.5 Å². The molecule has 0 aliphatic heterocycles. The number of unbranched alkanes of at least 4 members (excludes halogenated alkanes) is 1. The average Bonchev–Trinajstić information content (AvgIpc) is 2.22. The van der Waals surface area contributed by atoms with Crippen LogP contribution in [0.1, 0.15) is 30.9 Å². The Morgan fingerprint density at radius 3 is 2.62 bits per heavy atom. The van der Waals surface area contributed by atoms with Crippen molar-refractivity contribution in [1.29, 1.82) is 0 Å². The molecule has 0 aromatic heterocycles. The summed E-state index contributed by atoms with van der Waals surface area (Å²) in [6, 6.07) is 4.51. The van der Waals surface area contributed by atoms with Crippen LogP contribution < -0.4 is 11.5 Å². The van der Waals surface area contributed by atoms with Crippen LogP contribution in [0.15, 0.2) is 18.2 Å². The Labute approximate surface area is 107 Å². The molecule has 1 rings (SSSR count). The number of hydrogen-bond acceptors (Lipinski definition) is 2. The van der Waals surface area contributed by atoms with E-state index in [4.69, 9.17) is 23.1 Å². The van der Waals surface area contributed by atoms with Gasteiger partial charge in [0.25, 0.3) is 0 Å². The molecule has 0 bridgehead atoms. The van der Waals surface area contributed by atoms with Gasteiger partial charge in [0.2, 0.25) is 0 Å². The predicted octanol–water partition coefficient (Wildman–Crippen LogP) is 3.03. The summed E-state index contributed by atoms with van der Waals surface area (Å²) in [5.41, 5.74) is 12.0. The van der Waals surface area contributed by atoms with Crippen molar-refractivity contribution < 1.29 is 4.39 Å². The summed E-state index contributed by atoms with van der Waals surface area (Å²) >= 11 is 5.82. The largest absolute Gasteiger partial charge is 0.330 e. The number of benzene rings is 1. The molecule has 1 aromatic rings. The van der Waals surface area contributed by atoms with Crippen LogP contribution in [0.4, 0.5) is 4.39 Å². The molecule has 1 atom stereocenters. The Balaban J connectivity index is 0.00000225. The van der Waals surface area contributed by atoms with Crippen LogP contribution in [0, 0.1) is 5.82 Å². The van der Waals surface area contributed by atoms with Gasteiger partial charge in [0, 0.05) is 6.04 Å². The van der Waals surface area contributed by atoms with Gasteiger partial charge in [-0.15, -0.1) is 12.4 Å². The predicted molar refractivity (Wildman–Crippen MR) is 68.5 cm³/mol. The third-order valence-corrected chi connectivity index (χ3v) is 2.75. The standard InChI is InChI=1S/C11H16ClFN2.ClH/c12-11-8(4-3-5-9(11)13)10(15)6-1-2-7-14;/h3-5,10H,1-2,6-7,14-15H2;1H/t10-;/m1./s1. The molecule has 4 N–H and O–H groups in total. The fourth-order valence-corrected chi connectivity index (χ4v) is 1.74. The van der Waals surface area contributed by atoms with Crippen LogP contribution in [0.3, 0.4) is 0 Å². The Hall–Kier alpha value is -0.350. The first-order valence-corrected chi connectivity index (χ1v) is 5.44. The van der Waals surface area contributed by atoms with Gasteiger partial charge in [-0.2, -0.15) is 0 Å². The summed E-state index contributed by atoms with van der Waals surface area (Å²) < 4.78 is 13.1. The lowest BCUT2D eigenvalue weighted by molar-refractivity contribution is 0.580. The van der Waals surface area contributed by atoms with Crippen LogP contribution >= 0.6 is 24.0 Å². The van der Waals surface area contributed by atoms with E-state index in [2.05, 4.69) is 0 Å². The quantitative estimate of drug-likeness (QED) is 0.806. The van der Waals surface area contributed by atoms with Crippen LogP contribution in [-0.4, -0.2) is 6.54 Å². The molecule has 0 fully saturated rings. The maximum absolute atomic E-state index is 13.1. The van der Waals surface area contributed by atoms with Crippen molar-refractivity contribution in [3.05, 3.63) is 34.6 Å². The molecule has 0 radical (unpaired) electrons. The van der Waals surface area contributed by atoms with Gasteiger partial charge in [-0.25, -0.2) is 4.39 Å². The highest BCUT2D eigenvalue weighted by Crippen LogP contribution is 2.26. The van der Waals surface area contributed by atoms with Gasteiger partial charge in [0.15, 0.2) is 0 Å². The van der Waals surface area contributed by atoms with E-state index in [1.165, 1.54) is 6.07 Å². The molecule has 0 saturated heterocycles. The zero-order chi connectivity index (χ0) is 11.3. The van der Waals surface area contributed by atoms with E-state index in [0.717, 1.165) is 19.3 Å². The first-order chi connectivity index (χ1) is 7.16. The minimum atomic E-state index is -0.413. The maximum Gasteiger partial charge on any atom is 0.142 e. The first-order valence-electron chi connectivity index (χ1n) is 5.06. The summed E-state index contributed by atoms with van der Waals surface area (Å²) in [5, 5.41) is 0.137. The summed E-state index contributed by atoms with van der Waals surface area (Å²) in [7, 11) is 0. The Morgan fingerprint density at radius 2 is 2.00 bits per heavy atom. The van der Waals surface area contributed by atoms with Gasteiger partial charge >= 0.3 is 0 Å². The van der Waals surface area contributed by atoms with Gasteiger partial charge in [-0.05, 0) is 31.0 Å². The van der Waals surface area contributed by atoms with Crippen molar-refractivity contribution in [1.82, 2.24) is 0 Å². The van der Waals surface area contributed by atoms with Crippen LogP contribution in [0.25, 0.3) is 0 Å². The van der Waals surface area contributed by atoms with E-state index < -0.39 is 5.82 Å². The third kappa shape index (κ3) is 4.26. The summed E-state index contributed by atoms with van der Waals surface area (Å²) in [4.78, 5) is 0. The molecular formula is C11H17Cl2FN2. The second-order valence-corrected chi connectivity index (χ2v) is 3.91. The highest BCUT2D eigenvalue weighted by atomic mass is 35.5. The molecule has 92 valence electrons. The zero-order valence-corrected chi connectivity index (χ0v) is 10.5. The van der Waals surface area contributed by atoms with E-state index in [-0.39, 0.29) is 23.5 Å². The smallest absolute Gasteiger partial charge is 0.142 e. The van der Waals surface area contributed by atoms with Crippen molar-refractivity contribution >= 4 is 24.0 Å². The van der Waals surface area contributed by atoms with Crippen molar-refractivity contribution in [3.8, 4) is 0 Å². The summed E-state index contributed by atoms with van der Waals surface area (Å²) in [6.07, 6.45) is 2.64. The second-order valence-electron chi connectivity index (χ2n) is 3.53. The number of halogens is 3. The highest BCUT2D eigenvalue weighted by molar-refractivity contribution is 6.31. The maximum atomic E-state index is 13.1. The van der Waals surface area contributed by atoms with E-state index in [1.54, 1.807) is 12.1 Å². The molecule has 0 saturated carbocycles. The number of rotatable bonds is 5.